The van der Waals surface area contributed by atoms with Crippen LogP contribution < -0.4 is 10.1 Å². The van der Waals surface area contributed by atoms with Crippen LogP contribution in [0.15, 0.2) is 6.07 Å². The van der Waals surface area contributed by atoms with E-state index in [0.717, 1.165) is 24.4 Å². The first-order valence-electron chi connectivity index (χ1n) is 7.58. The highest BCUT2D eigenvalue weighted by molar-refractivity contribution is 14.1. The molecule has 3 nitrogen and oxygen atoms in total. The average molecular weight is 454 g/mol. The van der Waals surface area contributed by atoms with Crippen LogP contribution in [0.4, 0.5) is 0 Å². The lowest BCUT2D eigenvalue weighted by Gasteiger charge is -2.38. The molecule has 0 spiro atoms. The minimum absolute atomic E-state index is 0.157. The number of halogens is 2. The van der Waals surface area contributed by atoms with Gasteiger partial charge in [0.25, 0.3) is 0 Å². The SMILES string of the molecule is CC(Oc1cc(I)c2c(c1Cl)CNC2)O[Si](C)(C)C(C)(C)C. The fraction of sp³-hybridized carbons (Fsp3) is 0.625. The molecular formula is C16H25ClINO2Si. The maximum atomic E-state index is 6.52. The number of hydrogen-bond acceptors (Lipinski definition) is 3. The van der Waals surface area contributed by atoms with E-state index in [2.05, 4.69) is 61.8 Å². The van der Waals surface area contributed by atoms with Gasteiger partial charge in [0, 0.05) is 16.7 Å². The number of hydrogen-bond donors (Lipinski definition) is 1. The monoisotopic (exact) mass is 453 g/mol. The first kappa shape index (κ1) is 18.5. The molecule has 1 heterocycles. The number of benzene rings is 1. The Morgan fingerprint density at radius 3 is 2.45 bits per heavy atom. The number of rotatable bonds is 4. The van der Waals surface area contributed by atoms with Crippen LogP contribution in [0.1, 0.15) is 38.8 Å². The molecule has 1 aliphatic heterocycles. The highest BCUT2D eigenvalue weighted by Crippen LogP contribution is 2.39. The Balaban J connectivity index is 2.16. The van der Waals surface area contributed by atoms with Gasteiger partial charge in [0.05, 0.1) is 5.02 Å². The van der Waals surface area contributed by atoms with Crippen LogP contribution in [-0.4, -0.2) is 14.6 Å². The van der Waals surface area contributed by atoms with Crippen LogP contribution in [-0.2, 0) is 17.5 Å². The Hall–Kier alpha value is 0.177. The van der Waals surface area contributed by atoms with Crippen molar-refractivity contribution in [2.75, 3.05) is 0 Å². The molecule has 1 aliphatic rings. The highest BCUT2D eigenvalue weighted by Gasteiger charge is 2.39. The van der Waals surface area contributed by atoms with E-state index in [-0.39, 0.29) is 11.3 Å². The summed E-state index contributed by atoms with van der Waals surface area (Å²) in [6.07, 6.45) is -0.304. The van der Waals surface area contributed by atoms with Crippen molar-refractivity contribution in [3.8, 4) is 5.75 Å². The topological polar surface area (TPSA) is 30.5 Å². The predicted molar refractivity (Wildman–Crippen MR) is 103 cm³/mol. The molecule has 0 bridgehead atoms. The standard InChI is InChI=1S/C16H25ClINO2Si/c1-10(21-22(5,6)16(2,3)4)20-14-7-13(18)11-8-19-9-12(11)15(14)17/h7,10,19H,8-9H2,1-6H3. The maximum absolute atomic E-state index is 6.52. The lowest BCUT2D eigenvalue weighted by molar-refractivity contribution is 0.0105. The van der Waals surface area contributed by atoms with E-state index in [1.807, 2.05) is 13.0 Å². The zero-order chi connectivity index (χ0) is 16.7. The van der Waals surface area contributed by atoms with E-state index in [9.17, 15) is 0 Å². The molecule has 1 N–H and O–H groups in total. The smallest absolute Gasteiger partial charge is 0.196 e. The third-order valence-corrected chi connectivity index (χ3v) is 10.5. The van der Waals surface area contributed by atoms with Crippen LogP contribution >= 0.6 is 34.2 Å². The summed E-state index contributed by atoms with van der Waals surface area (Å²) >= 11 is 8.86. The highest BCUT2D eigenvalue weighted by atomic mass is 127. The molecule has 1 unspecified atom stereocenters. The number of ether oxygens (including phenoxy) is 1. The molecule has 0 saturated carbocycles. The van der Waals surface area contributed by atoms with Crippen molar-refractivity contribution in [1.29, 1.82) is 0 Å². The molecule has 2 rings (SSSR count). The van der Waals surface area contributed by atoms with Crippen molar-refractivity contribution in [3.05, 3.63) is 25.8 Å². The van der Waals surface area contributed by atoms with Gasteiger partial charge in [-0.05, 0) is 64.8 Å². The molecule has 1 aromatic rings. The molecule has 0 radical (unpaired) electrons. The van der Waals surface area contributed by atoms with E-state index in [0.29, 0.717) is 5.02 Å². The van der Waals surface area contributed by atoms with Crippen LogP contribution in [0.25, 0.3) is 0 Å². The van der Waals surface area contributed by atoms with Crippen molar-refractivity contribution in [3.63, 3.8) is 0 Å². The zero-order valence-electron chi connectivity index (χ0n) is 14.1. The van der Waals surface area contributed by atoms with Crippen LogP contribution in [0.3, 0.4) is 0 Å². The van der Waals surface area contributed by atoms with Gasteiger partial charge in [0.1, 0.15) is 5.75 Å². The summed E-state index contributed by atoms with van der Waals surface area (Å²) in [5.74, 6) is 0.722. The second kappa shape index (κ2) is 6.59. The molecule has 0 aromatic heterocycles. The summed E-state index contributed by atoms with van der Waals surface area (Å²) in [5, 5.41) is 4.21. The molecular weight excluding hydrogens is 429 g/mol. The third kappa shape index (κ3) is 3.80. The van der Waals surface area contributed by atoms with Crippen molar-refractivity contribution >= 4 is 42.5 Å². The third-order valence-electron chi connectivity index (χ3n) is 4.55. The molecule has 124 valence electrons. The molecule has 0 amide bonds. The van der Waals surface area contributed by atoms with E-state index in [1.54, 1.807) is 0 Å². The lowest BCUT2D eigenvalue weighted by atomic mass is 10.1. The second-order valence-electron chi connectivity index (χ2n) is 7.29. The van der Waals surface area contributed by atoms with Gasteiger partial charge < -0.3 is 14.5 Å². The van der Waals surface area contributed by atoms with Gasteiger partial charge in [-0.15, -0.1) is 0 Å². The molecule has 1 aromatic carbocycles. The normalized spacial score (nSPS) is 16.5. The van der Waals surface area contributed by atoms with Gasteiger partial charge in [0.2, 0.25) is 0 Å². The predicted octanol–water partition coefficient (Wildman–Crippen LogP) is 5.29. The first-order valence-corrected chi connectivity index (χ1v) is 11.9. The maximum Gasteiger partial charge on any atom is 0.196 e. The quantitative estimate of drug-likeness (QED) is 0.381. The van der Waals surface area contributed by atoms with Crippen molar-refractivity contribution in [2.45, 2.75) is 65.2 Å². The van der Waals surface area contributed by atoms with E-state index < -0.39 is 8.32 Å². The summed E-state index contributed by atoms with van der Waals surface area (Å²) in [4.78, 5) is 0. The van der Waals surface area contributed by atoms with Crippen LogP contribution in [0.2, 0.25) is 23.2 Å². The number of fused-ring (bicyclic) bond motifs is 1. The van der Waals surface area contributed by atoms with Crippen molar-refractivity contribution in [2.24, 2.45) is 0 Å². The summed E-state index contributed by atoms with van der Waals surface area (Å²) in [6, 6.07) is 2.01. The summed E-state index contributed by atoms with van der Waals surface area (Å²) in [6.45, 7) is 14.8. The van der Waals surface area contributed by atoms with Crippen molar-refractivity contribution < 1.29 is 9.16 Å². The molecule has 6 heteroatoms. The zero-order valence-corrected chi connectivity index (χ0v) is 18.1. The Labute approximate surface area is 153 Å². The molecule has 22 heavy (non-hydrogen) atoms. The summed E-state index contributed by atoms with van der Waals surface area (Å²) in [7, 11) is -1.86. The number of nitrogens with one attached hydrogen (secondary N) is 1. The Morgan fingerprint density at radius 1 is 1.27 bits per heavy atom. The van der Waals surface area contributed by atoms with E-state index >= 15 is 0 Å². The Kier molecular flexibility index (Phi) is 5.54. The minimum atomic E-state index is -1.86. The Bertz CT molecular complexity index is 572. The lowest BCUT2D eigenvalue weighted by Crippen LogP contribution is -2.44. The van der Waals surface area contributed by atoms with Gasteiger partial charge in [-0.2, -0.15) is 0 Å². The fourth-order valence-corrected chi connectivity index (χ4v) is 4.57. The average Bonchev–Trinajstić information content (AvgIpc) is 2.83. The summed E-state index contributed by atoms with van der Waals surface area (Å²) < 4.78 is 13.5. The van der Waals surface area contributed by atoms with E-state index in [1.165, 1.54) is 9.13 Å². The largest absolute Gasteiger partial charge is 0.465 e. The molecule has 0 fully saturated rings. The Morgan fingerprint density at radius 2 is 1.86 bits per heavy atom. The molecule has 1 atom stereocenters. The van der Waals surface area contributed by atoms with Crippen molar-refractivity contribution in [1.82, 2.24) is 5.32 Å². The van der Waals surface area contributed by atoms with Crippen LogP contribution in [0, 0.1) is 3.57 Å². The van der Waals surface area contributed by atoms with Crippen LogP contribution in [0.5, 0.6) is 5.75 Å². The van der Waals surface area contributed by atoms with Gasteiger partial charge in [-0.1, -0.05) is 32.4 Å². The van der Waals surface area contributed by atoms with Gasteiger partial charge in [0.15, 0.2) is 14.6 Å². The fourth-order valence-electron chi connectivity index (χ4n) is 2.26. The van der Waals surface area contributed by atoms with Gasteiger partial charge >= 0.3 is 0 Å². The van der Waals surface area contributed by atoms with Gasteiger partial charge in [-0.25, -0.2) is 0 Å². The van der Waals surface area contributed by atoms with E-state index in [4.69, 9.17) is 20.8 Å². The van der Waals surface area contributed by atoms with Gasteiger partial charge in [-0.3, -0.25) is 0 Å². The summed E-state index contributed by atoms with van der Waals surface area (Å²) in [5.41, 5.74) is 2.44. The minimum Gasteiger partial charge on any atom is -0.465 e. The second-order valence-corrected chi connectivity index (χ2v) is 13.6. The molecule has 0 saturated heterocycles. The first-order chi connectivity index (χ1) is 10.0. The molecule has 0 aliphatic carbocycles.